The standard InChI is InChI=1S/C30H53O5P/c1-13-16-17-30(14-2)20-31-26(32-21-30)35-36(33-15-3)34-25-23(28(7,8)9)18-22(27(4,5)6)19-24(25)29(10,11)12/h18-19,26H,13-17,20-21H2,1-12H3. The second kappa shape index (κ2) is 12.4. The fraction of sp³-hybridized carbons (Fsp3) is 0.800. The first-order valence-corrected chi connectivity index (χ1v) is 14.9. The van der Waals surface area contributed by atoms with Gasteiger partial charge in [-0.05, 0) is 41.6 Å². The smallest absolute Gasteiger partial charge is 0.401 e. The van der Waals surface area contributed by atoms with E-state index in [1.165, 1.54) is 18.4 Å². The largest absolute Gasteiger partial charge is 0.426 e. The van der Waals surface area contributed by atoms with Gasteiger partial charge in [-0.25, -0.2) is 4.52 Å². The molecular weight excluding hydrogens is 471 g/mol. The number of hydrogen-bond donors (Lipinski definition) is 0. The Labute approximate surface area is 223 Å². The van der Waals surface area contributed by atoms with Crippen LogP contribution >= 0.6 is 8.60 Å². The fourth-order valence-electron chi connectivity index (χ4n) is 4.32. The number of rotatable bonds is 10. The molecule has 1 saturated heterocycles. The van der Waals surface area contributed by atoms with Gasteiger partial charge in [-0.15, -0.1) is 0 Å². The second-order valence-electron chi connectivity index (χ2n) is 13.4. The Morgan fingerprint density at radius 1 is 0.861 bits per heavy atom. The van der Waals surface area contributed by atoms with Gasteiger partial charge in [0.25, 0.3) is 6.48 Å². The van der Waals surface area contributed by atoms with Gasteiger partial charge in [0, 0.05) is 16.5 Å². The summed E-state index contributed by atoms with van der Waals surface area (Å²) in [5.41, 5.74) is 3.45. The van der Waals surface area contributed by atoms with Crippen LogP contribution in [-0.4, -0.2) is 26.3 Å². The molecule has 1 unspecified atom stereocenters. The second-order valence-corrected chi connectivity index (χ2v) is 14.5. The SMILES string of the molecule is CCCCC1(CC)COC(OP(OCC)Oc2c(C(C)(C)C)cc(C(C)(C)C)cc2C(C)(C)C)OC1. The first-order chi connectivity index (χ1) is 16.6. The van der Waals surface area contributed by atoms with Crippen molar-refractivity contribution in [2.75, 3.05) is 19.8 Å². The van der Waals surface area contributed by atoms with Gasteiger partial charge in [0.15, 0.2) is 0 Å². The summed E-state index contributed by atoms with van der Waals surface area (Å²) >= 11 is 0. The highest BCUT2D eigenvalue weighted by Gasteiger charge is 2.38. The molecule has 1 fully saturated rings. The third kappa shape index (κ3) is 8.40. The van der Waals surface area contributed by atoms with E-state index >= 15 is 0 Å². The van der Waals surface area contributed by atoms with Crippen molar-refractivity contribution in [3.8, 4) is 5.75 Å². The van der Waals surface area contributed by atoms with Crippen molar-refractivity contribution >= 4 is 8.60 Å². The number of unbranched alkanes of at least 4 members (excludes halogenated alkanes) is 1. The molecule has 1 aromatic rings. The molecule has 1 aliphatic rings. The first-order valence-electron chi connectivity index (χ1n) is 13.8. The Kier molecular flexibility index (Phi) is 10.9. The van der Waals surface area contributed by atoms with Gasteiger partial charge in [0.05, 0.1) is 19.8 Å². The minimum atomic E-state index is -1.72. The first kappa shape index (κ1) is 31.5. The maximum absolute atomic E-state index is 6.64. The average molecular weight is 525 g/mol. The van der Waals surface area contributed by atoms with E-state index in [2.05, 4.69) is 88.3 Å². The summed E-state index contributed by atoms with van der Waals surface area (Å²) in [6, 6.07) is 4.59. The van der Waals surface area contributed by atoms with Crippen LogP contribution in [0.5, 0.6) is 5.75 Å². The molecule has 208 valence electrons. The Morgan fingerprint density at radius 3 is 1.78 bits per heavy atom. The third-order valence-corrected chi connectivity index (χ3v) is 8.15. The average Bonchev–Trinajstić information content (AvgIpc) is 2.76. The highest BCUT2D eigenvalue weighted by Crippen LogP contribution is 2.50. The van der Waals surface area contributed by atoms with E-state index < -0.39 is 15.1 Å². The van der Waals surface area contributed by atoms with Crippen molar-refractivity contribution < 1.29 is 23.0 Å². The molecule has 0 aromatic heterocycles. The summed E-state index contributed by atoms with van der Waals surface area (Å²) in [6.07, 6.45) is 4.48. The van der Waals surface area contributed by atoms with Crippen LogP contribution in [0.1, 0.15) is 125 Å². The molecule has 0 saturated carbocycles. The van der Waals surface area contributed by atoms with Gasteiger partial charge in [-0.1, -0.05) is 101 Å². The molecule has 0 amide bonds. The van der Waals surface area contributed by atoms with E-state index in [0.717, 1.165) is 29.7 Å². The zero-order chi connectivity index (χ0) is 27.4. The van der Waals surface area contributed by atoms with E-state index in [1.807, 2.05) is 6.92 Å². The van der Waals surface area contributed by atoms with Crippen molar-refractivity contribution in [1.29, 1.82) is 0 Å². The van der Waals surface area contributed by atoms with Gasteiger partial charge in [-0.3, -0.25) is 0 Å². The summed E-state index contributed by atoms with van der Waals surface area (Å²) < 4.78 is 31.0. The quantitative estimate of drug-likeness (QED) is 0.286. The zero-order valence-electron chi connectivity index (χ0n) is 25.2. The van der Waals surface area contributed by atoms with Gasteiger partial charge in [0.2, 0.25) is 0 Å². The van der Waals surface area contributed by atoms with Crippen molar-refractivity contribution in [2.45, 2.75) is 131 Å². The number of ether oxygens (including phenoxy) is 2. The summed E-state index contributed by atoms with van der Waals surface area (Å²) in [7, 11) is -1.72. The highest BCUT2D eigenvalue weighted by atomic mass is 31.2. The Balaban J connectivity index is 2.37. The molecule has 1 atom stereocenters. The number of benzene rings is 1. The lowest BCUT2D eigenvalue weighted by atomic mass is 9.75. The van der Waals surface area contributed by atoms with Gasteiger partial charge < -0.3 is 18.5 Å². The molecule has 6 heteroatoms. The molecule has 0 spiro atoms. The van der Waals surface area contributed by atoms with E-state index in [9.17, 15) is 0 Å². The lowest BCUT2D eigenvalue weighted by molar-refractivity contribution is -0.310. The molecule has 1 aromatic carbocycles. The van der Waals surface area contributed by atoms with Crippen molar-refractivity contribution in [2.24, 2.45) is 5.41 Å². The Morgan fingerprint density at radius 2 is 1.39 bits per heavy atom. The highest BCUT2D eigenvalue weighted by molar-refractivity contribution is 7.42. The van der Waals surface area contributed by atoms with Crippen LogP contribution in [0.3, 0.4) is 0 Å². The minimum Gasteiger partial charge on any atom is -0.426 e. The maximum atomic E-state index is 6.64. The van der Waals surface area contributed by atoms with Crippen LogP contribution in [0.15, 0.2) is 12.1 Å². The lowest BCUT2D eigenvalue weighted by Gasteiger charge is -2.39. The van der Waals surface area contributed by atoms with Crippen LogP contribution < -0.4 is 4.52 Å². The molecule has 2 rings (SSSR count). The van der Waals surface area contributed by atoms with Crippen LogP contribution in [0.2, 0.25) is 0 Å². The molecule has 0 aliphatic carbocycles. The summed E-state index contributed by atoms with van der Waals surface area (Å²) in [5.74, 6) is 0.851. The van der Waals surface area contributed by atoms with E-state index in [1.54, 1.807) is 0 Å². The minimum absolute atomic E-state index is 0.0208. The van der Waals surface area contributed by atoms with Gasteiger partial charge in [0.1, 0.15) is 5.75 Å². The predicted octanol–water partition coefficient (Wildman–Crippen LogP) is 9.15. The lowest BCUT2D eigenvalue weighted by Crippen LogP contribution is -2.42. The molecular formula is C30H53O5P. The van der Waals surface area contributed by atoms with Crippen LogP contribution in [0.25, 0.3) is 0 Å². The Hall–Kier alpha value is -0.710. The fourth-order valence-corrected chi connectivity index (χ4v) is 5.30. The molecule has 1 aliphatic heterocycles. The van der Waals surface area contributed by atoms with Crippen molar-refractivity contribution in [3.05, 3.63) is 28.8 Å². The maximum Gasteiger partial charge on any atom is 0.401 e. The van der Waals surface area contributed by atoms with E-state index in [4.69, 9.17) is 23.0 Å². The van der Waals surface area contributed by atoms with Crippen LogP contribution in [-0.2, 0) is 34.8 Å². The third-order valence-electron chi connectivity index (χ3n) is 7.01. The number of hydrogen-bond acceptors (Lipinski definition) is 5. The summed E-state index contributed by atoms with van der Waals surface area (Å²) in [6.45, 7) is 27.5. The monoisotopic (exact) mass is 524 g/mol. The zero-order valence-corrected chi connectivity index (χ0v) is 26.1. The Bertz CT molecular complexity index is 788. The summed E-state index contributed by atoms with van der Waals surface area (Å²) in [4.78, 5) is 0. The normalized spacial score (nSPS) is 22.5. The topological polar surface area (TPSA) is 46.2 Å². The van der Waals surface area contributed by atoms with Gasteiger partial charge in [-0.2, -0.15) is 0 Å². The van der Waals surface area contributed by atoms with Crippen LogP contribution in [0, 0.1) is 5.41 Å². The van der Waals surface area contributed by atoms with Gasteiger partial charge >= 0.3 is 8.60 Å². The van der Waals surface area contributed by atoms with E-state index in [0.29, 0.717) is 19.8 Å². The summed E-state index contributed by atoms with van der Waals surface area (Å²) in [5, 5.41) is 0. The van der Waals surface area contributed by atoms with E-state index in [-0.39, 0.29) is 21.7 Å². The molecule has 0 bridgehead atoms. The predicted molar refractivity (Wildman–Crippen MR) is 151 cm³/mol. The molecule has 0 radical (unpaired) electrons. The molecule has 5 nitrogen and oxygen atoms in total. The molecule has 1 heterocycles. The van der Waals surface area contributed by atoms with Crippen molar-refractivity contribution in [1.82, 2.24) is 0 Å². The molecule has 36 heavy (non-hydrogen) atoms. The van der Waals surface area contributed by atoms with Crippen LogP contribution in [0.4, 0.5) is 0 Å². The van der Waals surface area contributed by atoms with Crippen molar-refractivity contribution in [3.63, 3.8) is 0 Å². The molecule has 0 N–H and O–H groups in total.